The Morgan fingerprint density at radius 2 is 2.07 bits per heavy atom. The fourth-order valence-electron chi connectivity index (χ4n) is 0.759. The molecule has 0 fully saturated rings. The number of hydrogen-bond acceptors (Lipinski definition) is 3. The Labute approximate surface area is 86.0 Å². The third-order valence-electron chi connectivity index (χ3n) is 1.20. The molecule has 0 spiro atoms. The molecule has 0 saturated heterocycles. The van der Waals surface area contributed by atoms with Gasteiger partial charge in [-0.25, -0.2) is 4.98 Å². The zero-order valence-electron chi connectivity index (χ0n) is 6.93. The van der Waals surface area contributed by atoms with Crippen molar-refractivity contribution in [3.8, 4) is 11.6 Å². The van der Waals surface area contributed by atoms with E-state index in [0.717, 1.165) is 6.07 Å². The fraction of sp³-hybridized carbons (Fsp3) is 0.286. The maximum Gasteiger partial charge on any atom is 0.573 e. The maximum absolute atomic E-state index is 11.9. The molecule has 1 aromatic heterocycles. The van der Waals surface area contributed by atoms with Gasteiger partial charge in [0.15, 0.2) is 5.75 Å². The predicted octanol–water partition coefficient (Wildman–Crippen LogP) is 2.75. The molecule has 1 aromatic rings. The summed E-state index contributed by atoms with van der Waals surface area (Å²) in [5.41, 5.74) is 0. The van der Waals surface area contributed by atoms with E-state index in [1.807, 2.05) is 0 Å². The van der Waals surface area contributed by atoms with E-state index in [-0.39, 0.29) is 5.88 Å². The minimum Gasteiger partial charge on any atom is -0.478 e. The molecular weight excluding hydrogens is 267 g/mol. The fourth-order valence-corrected chi connectivity index (χ4v) is 1.07. The second-order valence-electron chi connectivity index (χ2n) is 2.21. The van der Waals surface area contributed by atoms with Gasteiger partial charge in [-0.05, 0) is 15.9 Å². The van der Waals surface area contributed by atoms with Crippen LogP contribution in [0.15, 0.2) is 16.7 Å². The first-order valence-corrected chi connectivity index (χ1v) is 4.17. The number of alkyl halides is 3. The van der Waals surface area contributed by atoms with E-state index in [4.69, 9.17) is 0 Å². The van der Waals surface area contributed by atoms with Crippen LogP contribution in [-0.4, -0.2) is 18.5 Å². The van der Waals surface area contributed by atoms with Gasteiger partial charge in [0.05, 0.1) is 7.11 Å². The number of methoxy groups -OCH3 is 1. The summed E-state index contributed by atoms with van der Waals surface area (Å²) in [6.45, 7) is 0. The number of halogens is 4. The molecule has 1 rings (SSSR count). The van der Waals surface area contributed by atoms with Crippen molar-refractivity contribution >= 4 is 15.9 Å². The van der Waals surface area contributed by atoms with Crippen LogP contribution in [0.3, 0.4) is 0 Å². The van der Waals surface area contributed by atoms with Crippen LogP contribution in [0, 0.1) is 0 Å². The number of nitrogens with zero attached hydrogens (tertiary/aromatic N) is 1. The van der Waals surface area contributed by atoms with Gasteiger partial charge in [-0.1, -0.05) is 0 Å². The van der Waals surface area contributed by atoms with E-state index < -0.39 is 12.1 Å². The van der Waals surface area contributed by atoms with E-state index in [0.29, 0.717) is 4.47 Å². The quantitative estimate of drug-likeness (QED) is 0.829. The van der Waals surface area contributed by atoms with Gasteiger partial charge in [0.25, 0.3) is 5.88 Å². The van der Waals surface area contributed by atoms with Crippen LogP contribution >= 0.6 is 15.9 Å². The van der Waals surface area contributed by atoms with Gasteiger partial charge in [0.2, 0.25) is 0 Å². The molecule has 1 heterocycles. The first kappa shape index (κ1) is 11.1. The number of hydrogen-bond donors (Lipinski definition) is 0. The van der Waals surface area contributed by atoms with Crippen molar-refractivity contribution in [3.05, 3.63) is 16.7 Å². The normalized spacial score (nSPS) is 11.2. The maximum atomic E-state index is 11.9. The monoisotopic (exact) mass is 271 g/mol. The predicted molar refractivity (Wildman–Crippen MR) is 45.2 cm³/mol. The summed E-state index contributed by atoms with van der Waals surface area (Å²) >= 11 is 2.97. The zero-order valence-corrected chi connectivity index (χ0v) is 8.52. The van der Waals surface area contributed by atoms with Crippen LogP contribution in [0.25, 0.3) is 0 Å². The summed E-state index contributed by atoms with van der Waals surface area (Å²) in [5.74, 6) is -0.695. The lowest BCUT2D eigenvalue weighted by Gasteiger charge is -2.11. The summed E-state index contributed by atoms with van der Waals surface area (Å²) < 4.78 is 44.3. The molecule has 0 amide bonds. The lowest BCUT2D eigenvalue weighted by Crippen LogP contribution is -2.17. The van der Waals surface area contributed by atoms with Gasteiger partial charge in [0, 0.05) is 16.7 Å². The largest absolute Gasteiger partial charge is 0.573 e. The van der Waals surface area contributed by atoms with Gasteiger partial charge >= 0.3 is 6.36 Å². The van der Waals surface area contributed by atoms with E-state index in [1.54, 1.807) is 0 Å². The lowest BCUT2D eigenvalue weighted by molar-refractivity contribution is -0.275. The van der Waals surface area contributed by atoms with Crippen molar-refractivity contribution < 1.29 is 22.6 Å². The standard InChI is InChI=1S/C7H5BrF3NO2/c1-13-6-5(14-7(9,10)11)2-4(8)3-12-6/h2-3H,1H3. The van der Waals surface area contributed by atoms with Crippen LogP contribution < -0.4 is 9.47 Å². The lowest BCUT2D eigenvalue weighted by atomic mass is 10.4. The molecular formula is C7H5BrF3NO2. The summed E-state index contributed by atoms with van der Waals surface area (Å²) in [7, 11) is 1.21. The Bertz CT molecular complexity index is 329. The smallest absolute Gasteiger partial charge is 0.478 e. The molecule has 0 aliphatic rings. The molecule has 78 valence electrons. The average Bonchev–Trinajstić information content (AvgIpc) is 2.01. The first-order chi connectivity index (χ1) is 6.42. The molecule has 0 N–H and O–H groups in total. The second-order valence-corrected chi connectivity index (χ2v) is 3.12. The second kappa shape index (κ2) is 4.04. The van der Waals surface area contributed by atoms with E-state index >= 15 is 0 Å². The highest BCUT2D eigenvalue weighted by Crippen LogP contribution is 2.32. The Balaban J connectivity index is 2.99. The molecule has 0 radical (unpaired) electrons. The van der Waals surface area contributed by atoms with Crippen LogP contribution in [0.1, 0.15) is 0 Å². The van der Waals surface area contributed by atoms with Gasteiger partial charge in [-0.2, -0.15) is 0 Å². The molecule has 0 atom stereocenters. The van der Waals surface area contributed by atoms with Crippen molar-refractivity contribution in [2.45, 2.75) is 6.36 Å². The molecule has 0 saturated carbocycles. The number of ether oxygens (including phenoxy) is 2. The highest BCUT2D eigenvalue weighted by molar-refractivity contribution is 9.10. The number of pyridine rings is 1. The summed E-state index contributed by atoms with van der Waals surface area (Å²) in [5, 5.41) is 0. The molecule has 14 heavy (non-hydrogen) atoms. The topological polar surface area (TPSA) is 31.4 Å². The Hall–Kier alpha value is -0.980. The SMILES string of the molecule is COc1ncc(Br)cc1OC(F)(F)F. The minimum atomic E-state index is -4.75. The van der Waals surface area contributed by atoms with Crippen molar-refractivity contribution in [1.29, 1.82) is 0 Å². The van der Waals surface area contributed by atoms with Crippen molar-refractivity contribution in [3.63, 3.8) is 0 Å². The highest BCUT2D eigenvalue weighted by atomic mass is 79.9. The zero-order chi connectivity index (χ0) is 10.8. The molecule has 0 aliphatic carbocycles. The third-order valence-corrected chi connectivity index (χ3v) is 1.64. The average molecular weight is 272 g/mol. The van der Waals surface area contributed by atoms with Gasteiger partial charge in [-0.3, -0.25) is 0 Å². The van der Waals surface area contributed by atoms with Crippen LogP contribution in [0.4, 0.5) is 13.2 Å². The van der Waals surface area contributed by atoms with Crippen molar-refractivity contribution in [2.24, 2.45) is 0 Å². The van der Waals surface area contributed by atoms with Gasteiger partial charge in [0.1, 0.15) is 0 Å². The van der Waals surface area contributed by atoms with Gasteiger partial charge < -0.3 is 9.47 Å². The van der Waals surface area contributed by atoms with E-state index in [1.165, 1.54) is 13.3 Å². The summed E-state index contributed by atoms with van der Waals surface area (Å²) in [6.07, 6.45) is -3.45. The van der Waals surface area contributed by atoms with Crippen molar-refractivity contribution in [1.82, 2.24) is 4.98 Å². The van der Waals surface area contributed by atoms with Crippen LogP contribution in [0.5, 0.6) is 11.6 Å². The molecule has 0 aromatic carbocycles. The Kier molecular flexibility index (Phi) is 3.20. The molecule has 0 aliphatic heterocycles. The summed E-state index contributed by atoms with van der Waals surface area (Å²) in [6, 6.07) is 1.12. The molecule has 0 bridgehead atoms. The molecule has 0 unspecified atom stereocenters. The number of aromatic nitrogens is 1. The Morgan fingerprint density at radius 1 is 1.43 bits per heavy atom. The first-order valence-electron chi connectivity index (χ1n) is 3.37. The van der Waals surface area contributed by atoms with E-state index in [2.05, 4.69) is 30.4 Å². The number of rotatable bonds is 2. The Morgan fingerprint density at radius 3 is 2.57 bits per heavy atom. The minimum absolute atomic E-state index is 0.217. The van der Waals surface area contributed by atoms with Crippen LogP contribution in [-0.2, 0) is 0 Å². The summed E-state index contributed by atoms with van der Waals surface area (Å²) in [4.78, 5) is 3.59. The van der Waals surface area contributed by atoms with E-state index in [9.17, 15) is 13.2 Å². The van der Waals surface area contributed by atoms with Crippen molar-refractivity contribution in [2.75, 3.05) is 7.11 Å². The van der Waals surface area contributed by atoms with Gasteiger partial charge in [-0.15, -0.1) is 13.2 Å². The third kappa shape index (κ3) is 3.06. The molecule has 7 heteroatoms. The highest BCUT2D eigenvalue weighted by Gasteiger charge is 2.32. The van der Waals surface area contributed by atoms with Crippen LogP contribution in [0.2, 0.25) is 0 Å². The molecule has 3 nitrogen and oxygen atoms in total.